The van der Waals surface area contributed by atoms with E-state index in [1.165, 1.54) is 12.1 Å². The van der Waals surface area contributed by atoms with Crippen LogP contribution in [0.15, 0.2) is 30.5 Å². The fourth-order valence-corrected chi connectivity index (χ4v) is 5.73. The number of pyridine rings is 1. The molecule has 3 aliphatic heterocycles. The number of fused-ring (bicyclic) bond motifs is 1. The van der Waals surface area contributed by atoms with Gasteiger partial charge in [-0.2, -0.15) is 0 Å². The molecule has 5 rings (SSSR count). The molecule has 0 saturated carbocycles. The normalized spacial score (nSPS) is 24.3. The largest absolute Gasteiger partial charge is 0.379 e. The first-order valence-corrected chi connectivity index (χ1v) is 13.2. The number of nitrogens with one attached hydrogen (secondary N) is 1. The molecule has 9 heteroatoms. The molecule has 0 spiro atoms. The molecule has 0 aliphatic carbocycles. The second-order valence-electron chi connectivity index (χ2n) is 11.3. The topological polar surface area (TPSA) is 60.9 Å². The highest BCUT2D eigenvalue weighted by molar-refractivity contribution is 5.97. The highest BCUT2D eigenvalue weighted by atomic mass is 19.1. The van der Waals surface area contributed by atoms with E-state index in [9.17, 15) is 13.6 Å². The van der Waals surface area contributed by atoms with Gasteiger partial charge in [-0.05, 0) is 30.2 Å². The Morgan fingerprint density at radius 1 is 1.22 bits per heavy atom. The number of benzene rings is 1. The average molecular weight is 514 g/mol. The Labute approximate surface area is 217 Å². The molecule has 4 heterocycles. The molecule has 1 aromatic carbocycles. The Kier molecular flexibility index (Phi) is 7.58. The molecule has 2 atom stereocenters. The number of nitrogens with zero attached hydrogens (tertiary/aromatic N) is 4. The molecule has 3 aliphatic rings. The molecule has 37 heavy (non-hydrogen) atoms. The molecular formula is C28H37F2N5O2. The number of amides is 1. The molecule has 0 unspecified atom stereocenters. The van der Waals surface area contributed by atoms with Gasteiger partial charge in [0.15, 0.2) is 0 Å². The lowest BCUT2D eigenvalue weighted by Crippen LogP contribution is -2.61. The second kappa shape index (κ2) is 10.7. The summed E-state index contributed by atoms with van der Waals surface area (Å²) in [5.74, 6) is -1.12. The Bertz CT molecular complexity index is 1140. The number of hydrogen-bond donors (Lipinski definition) is 1. The molecule has 1 aromatic heterocycles. The molecule has 2 aromatic rings. The summed E-state index contributed by atoms with van der Waals surface area (Å²) in [4.78, 5) is 25.1. The maximum absolute atomic E-state index is 14.3. The van der Waals surface area contributed by atoms with Gasteiger partial charge in [-0.25, -0.2) is 8.78 Å². The first kappa shape index (κ1) is 26.2. The third kappa shape index (κ3) is 5.85. The average Bonchev–Trinajstić information content (AvgIpc) is 3.13. The van der Waals surface area contributed by atoms with Crippen molar-refractivity contribution in [3.05, 3.63) is 58.9 Å². The Balaban J connectivity index is 1.34. The Morgan fingerprint density at radius 2 is 2.00 bits per heavy atom. The van der Waals surface area contributed by atoms with Gasteiger partial charge >= 0.3 is 0 Å². The zero-order valence-electron chi connectivity index (χ0n) is 22.0. The zero-order valence-corrected chi connectivity index (χ0v) is 22.0. The van der Waals surface area contributed by atoms with Crippen LogP contribution in [0.4, 0.5) is 14.5 Å². The standard InChI is InChI=1S/C28H37F2N5O2/c1-19-15-34(23(14-31-19)16-33-6-8-37-9-7-33)17-26(36)35-18-28(2,3)27-25(35)11-20(13-32-27)10-21-4-5-22(29)12-24(21)30/h4-5,11-13,19,23,31H,6-10,14-18H2,1-3H3/t19-,23-/m1/s1. The Hall–Kier alpha value is -2.46. The maximum atomic E-state index is 14.3. The summed E-state index contributed by atoms with van der Waals surface area (Å²) in [6.45, 7) is 13.2. The number of carbonyl (C=O) groups is 1. The van der Waals surface area contributed by atoms with Gasteiger partial charge in [0.25, 0.3) is 0 Å². The predicted octanol–water partition coefficient (Wildman–Crippen LogP) is 2.57. The van der Waals surface area contributed by atoms with Crippen LogP contribution in [0.3, 0.4) is 0 Å². The lowest BCUT2D eigenvalue weighted by atomic mass is 9.91. The van der Waals surface area contributed by atoms with Crippen LogP contribution >= 0.6 is 0 Å². The van der Waals surface area contributed by atoms with Gasteiger partial charge in [-0.3, -0.25) is 19.6 Å². The minimum Gasteiger partial charge on any atom is -0.379 e. The van der Waals surface area contributed by atoms with Gasteiger partial charge in [0, 0.05) is 75.5 Å². The van der Waals surface area contributed by atoms with E-state index in [-0.39, 0.29) is 23.8 Å². The van der Waals surface area contributed by atoms with Crippen molar-refractivity contribution >= 4 is 11.6 Å². The van der Waals surface area contributed by atoms with E-state index in [1.807, 2.05) is 11.0 Å². The van der Waals surface area contributed by atoms with Crippen LogP contribution in [0.25, 0.3) is 0 Å². The van der Waals surface area contributed by atoms with Crippen molar-refractivity contribution < 1.29 is 18.3 Å². The number of aromatic nitrogens is 1. The highest BCUT2D eigenvalue weighted by Crippen LogP contribution is 2.40. The SMILES string of the molecule is C[C@@H]1CN(CC(=O)N2CC(C)(C)c3ncc(Cc4ccc(F)cc4F)cc32)[C@@H](CN2CCOCC2)CN1. The first-order valence-electron chi connectivity index (χ1n) is 13.2. The third-order valence-corrected chi connectivity index (χ3v) is 7.76. The quantitative estimate of drug-likeness (QED) is 0.641. The number of anilines is 1. The van der Waals surface area contributed by atoms with E-state index in [4.69, 9.17) is 9.72 Å². The van der Waals surface area contributed by atoms with E-state index in [0.717, 1.165) is 68.9 Å². The highest BCUT2D eigenvalue weighted by Gasteiger charge is 2.40. The van der Waals surface area contributed by atoms with Crippen LogP contribution in [0.2, 0.25) is 0 Å². The number of ether oxygens (including phenoxy) is 1. The Morgan fingerprint density at radius 3 is 2.76 bits per heavy atom. The van der Waals surface area contributed by atoms with Gasteiger partial charge in [-0.1, -0.05) is 19.9 Å². The van der Waals surface area contributed by atoms with Gasteiger partial charge < -0.3 is 15.0 Å². The molecule has 200 valence electrons. The van der Waals surface area contributed by atoms with E-state index in [1.54, 1.807) is 6.20 Å². The second-order valence-corrected chi connectivity index (χ2v) is 11.3. The molecule has 1 N–H and O–H groups in total. The van der Waals surface area contributed by atoms with Crippen molar-refractivity contribution in [1.29, 1.82) is 0 Å². The van der Waals surface area contributed by atoms with Gasteiger partial charge in [0.05, 0.1) is 31.1 Å². The van der Waals surface area contributed by atoms with Crippen LogP contribution in [-0.4, -0.2) is 91.8 Å². The molecule has 2 saturated heterocycles. The molecular weight excluding hydrogens is 476 g/mol. The lowest BCUT2D eigenvalue weighted by Gasteiger charge is -2.42. The maximum Gasteiger partial charge on any atom is 0.241 e. The minimum absolute atomic E-state index is 0.0554. The number of hydrogen-bond acceptors (Lipinski definition) is 6. The van der Waals surface area contributed by atoms with Crippen LogP contribution in [0.5, 0.6) is 0 Å². The summed E-state index contributed by atoms with van der Waals surface area (Å²) < 4.78 is 33.1. The number of halogens is 2. The summed E-state index contributed by atoms with van der Waals surface area (Å²) in [7, 11) is 0. The van der Waals surface area contributed by atoms with E-state index >= 15 is 0 Å². The van der Waals surface area contributed by atoms with Crippen LogP contribution in [-0.2, 0) is 21.4 Å². The number of carbonyl (C=O) groups excluding carboxylic acids is 1. The van der Waals surface area contributed by atoms with Crippen LogP contribution in [0, 0.1) is 11.6 Å². The number of rotatable bonds is 6. The van der Waals surface area contributed by atoms with E-state index < -0.39 is 11.6 Å². The van der Waals surface area contributed by atoms with Gasteiger partial charge in [0.1, 0.15) is 11.6 Å². The smallest absolute Gasteiger partial charge is 0.241 e. The molecule has 1 amide bonds. The summed E-state index contributed by atoms with van der Waals surface area (Å²) in [5, 5.41) is 3.57. The molecule has 0 radical (unpaired) electrons. The molecule has 0 bridgehead atoms. The van der Waals surface area contributed by atoms with Crippen molar-refractivity contribution in [3.8, 4) is 0 Å². The van der Waals surface area contributed by atoms with Crippen molar-refractivity contribution in [1.82, 2.24) is 20.1 Å². The zero-order chi connectivity index (χ0) is 26.2. The van der Waals surface area contributed by atoms with Gasteiger partial charge in [0.2, 0.25) is 5.91 Å². The predicted molar refractivity (Wildman–Crippen MR) is 139 cm³/mol. The lowest BCUT2D eigenvalue weighted by molar-refractivity contribution is -0.121. The third-order valence-electron chi connectivity index (χ3n) is 7.76. The van der Waals surface area contributed by atoms with Crippen LogP contribution < -0.4 is 10.2 Å². The summed E-state index contributed by atoms with van der Waals surface area (Å²) in [6, 6.07) is 6.14. The minimum atomic E-state index is -0.596. The van der Waals surface area contributed by atoms with E-state index in [2.05, 4.69) is 35.9 Å². The summed E-state index contributed by atoms with van der Waals surface area (Å²) >= 11 is 0. The van der Waals surface area contributed by atoms with Crippen LogP contribution in [0.1, 0.15) is 37.6 Å². The van der Waals surface area contributed by atoms with Crippen molar-refractivity contribution in [2.24, 2.45) is 0 Å². The summed E-state index contributed by atoms with van der Waals surface area (Å²) in [5.41, 5.74) is 2.58. The van der Waals surface area contributed by atoms with E-state index in [0.29, 0.717) is 24.7 Å². The summed E-state index contributed by atoms with van der Waals surface area (Å²) in [6.07, 6.45) is 2.03. The fraction of sp³-hybridized carbons (Fsp3) is 0.571. The van der Waals surface area contributed by atoms with Gasteiger partial charge in [-0.15, -0.1) is 0 Å². The number of morpholine rings is 1. The van der Waals surface area contributed by atoms with Crippen molar-refractivity contribution in [3.63, 3.8) is 0 Å². The molecule has 7 nitrogen and oxygen atoms in total. The first-order chi connectivity index (χ1) is 17.7. The van der Waals surface area contributed by atoms with Crippen molar-refractivity contribution in [2.45, 2.75) is 44.7 Å². The van der Waals surface area contributed by atoms with Crippen molar-refractivity contribution in [2.75, 3.05) is 63.9 Å². The monoisotopic (exact) mass is 513 g/mol. The molecule has 2 fully saturated rings. The number of piperazine rings is 1. The fourth-order valence-electron chi connectivity index (χ4n) is 5.73.